The van der Waals surface area contributed by atoms with Crippen molar-refractivity contribution in [2.45, 2.75) is 46.5 Å². The highest BCUT2D eigenvalue weighted by molar-refractivity contribution is 8.18. The van der Waals surface area contributed by atoms with Crippen LogP contribution in [-0.2, 0) is 4.79 Å². The maximum atomic E-state index is 12.6. The van der Waals surface area contributed by atoms with Gasteiger partial charge in [0, 0.05) is 0 Å². The fourth-order valence-electron chi connectivity index (χ4n) is 2.84. The van der Waals surface area contributed by atoms with Crippen LogP contribution in [0.25, 0.3) is 6.08 Å². The first-order valence-corrected chi connectivity index (χ1v) is 9.85. The maximum absolute atomic E-state index is 12.6. The number of hydrogen-bond acceptors (Lipinski definition) is 4. The quantitative estimate of drug-likeness (QED) is 0.617. The van der Waals surface area contributed by atoms with Crippen LogP contribution in [0.4, 0.5) is 4.79 Å². The molecule has 4 nitrogen and oxygen atoms in total. The van der Waals surface area contributed by atoms with Crippen molar-refractivity contribution in [3.8, 4) is 0 Å². The van der Waals surface area contributed by atoms with Gasteiger partial charge in [0.2, 0.25) is 0 Å². The van der Waals surface area contributed by atoms with E-state index in [1.54, 1.807) is 0 Å². The third kappa shape index (κ3) is 5.19. The van der Waals surface area contributed by atoms with E-state index in [2.05, 4.69) is 44.7 Å². The highest BCUT2D eigenvalue weighted by atomic mass is 32.2. The largest absolute Gasteiger partial charge is 0.294 e. The SMILES string of the molecule is CCCN(CCC)CN1C(=O)SC(=Cc2ccc(C(C)C)cc2)C1=O. The normalized spacial score (nSPS) is 16.7. The van der Waals surface area contributed by atoms with Crippen LogP contribution in [0.2, 0.25) is 0 Å². The van der Waals surface area contributed by atoms with Crippen LogP contribution in [0.15, 0.2) is 29.2 Å². The highest BCUT2D eigenvalue weighted by Crippen LogP contribution is 2.32. The minimum Gasteiger partial charge on any atom is -0.286 e. The summed E-state index contributed by atoms with van der Waals surface area (Å²) in [4.78, 5) is 28.9. The first kappa shape index (κ1) is 19.7. The van der Waals surface area contributed by atoms with Gasteiger partial charge in [-0.15, -0.1) is 0 Å². The number of thioether (sulfide) groups is 1. The molecule has 1 aromatic carbocycles. The molecule has 0 bridgehead atoms. The Morgan fingerprint density at radius 2 is 1.68 bits per heavy atom. The van der Waals surface area contributed by atoms with Gasteiger partial charge < -0.3 is 0 Å². The second-order valence-corrected chi connectivity index (χ2v) is 7.68. The molecule has 1 heterocycles. The number of carbonyl (C=O) groups is 2. The number of rotatable bonds is 8. The predicted molar refractivity (Wildman–Crippen MR) is 105 cm³/mol. The summed E-state index contributed by atoms with van der Waals surface area (Å²) in [5, 5.41) is -0.174. The molecule has 1 aliphatic rings. The van der Waals surface area contributed by atoms with Crippen LogP contribution >= 0.6 is 11.8 Å². The van der Waals surface area contributed by atoms with Gasteiger partial charge in [-0.25, -0.2) is 0 Å². The first-order valence-electron chi connectivity index (χ1n) is 9.03. The number of carbonyl (C=O) groups excluding carboxylic acids is 2. The number of amides is 2. The zero-order chi connectivity index (χ0) is 18.4. The van der Waals surface area contributed by atoms with Crippen molar-refractivity contribution in [1.29, 1.82) is 0 Å². The van der Waals surface area contributed by atoms with Crippen molar-refractivity contribution >= 4 is 29.0 Å². The van der Waals surface area contributed by atoms with Gasteiger partial charge in [-0.2, -0.15) is 0 Å². The molecule has 0 aromatic heterocycles. The number of benzene rings is 1. The number of imide groups is 1. The van der Waals surface area contributed by atoms with Gasteiger partial charge in [-0.1, -0.05) is 52.0 Å². The smallest absolute Gasteiger partial charge is 0.286 e. The molecular formula is C20H28N2O2S. The minimum absolute atomic E-state index is 0.174. The van der Waals surface area contributed by atoms with Crippen molar-refractivity contribution in [1.82, 2.24) is 9.80 Å². The van der Waals surface area contributed by atoms with Crippen LogP contribution in [0, 0.1) is 0 Å². The zero-order valence-corrected chi connectivity index (χ0v) is 16.4. The lowest BCUT2D eigenvalue weighted by Gasteiger charge is -2.25. The molecule has 1 aliphatic heterocycles. The fraction of sp³-hybridized carbons (Fsp3) is 0.500. The van der Waals surface area contributed by atoms with E-state index in [4.69, 9.17) is 0 Å². The molecule has 0 radical (unpaired) electrons. The molecule has 1 fully saturated rings. The van der Waals surface area contributed by atoms with Gasteiger partial charge in [0.25, 0.3) is 11.1 Å². The van der Waals surface area contributed by atoms with E-state index in [1.807, 2.05) is 18.2 Å². The Morgan fingerprint density at radius 3 is 2.20 bits per heavy atom. The Bertz CT molecular complexity index is 632. The van der Waals surface area contributed by atoms with Gasteiger partial charge in [0.05, 0.1) is 11.6 Å². The van der Waals surface area contributed by atoms with Gasteiger partial charge >= 0.3 is 0 Å². The summed E-state index contributed by atoms with van der Waals surface area (Å²) in [7, 11) is 0. The molecule has 0 N–H and O–H groups in total. The molecule has 1 aromatic rings. The van der Waals surface area contributed by atoms with E-state index in [1.165, 1.54) is 10.5 Å². The Labute approximate surface area is 155 Å². The van der Waals surface area contributed by atoms with Crippen molar-refractivity contribution in [2.24, 2.45) is 0 Å². The summed E-state index contributed by atoms with van der Waals surface area (Å²) in [5.41, 5.74) is 2.22. The second-order valence-electron chi connectivity index (χ2n) is 6.69. The van der Waals surface area contributed by atoms with E-state index >= 15 is 0 Å². The lowest BCUT2D eigenvalue weighted by atomic mass is 10.0. The zero-order valence-electron chi connectivity index (χ0n) is 15.6. The average Bonchev–Trinajstić information content (AvgIpc) is 2.83. The molecule has 5 heteroatoms. The van der Waals surface area contributed by atoms with E-state index < -0.39 is 0 Å². The number of nitrogens with zero attached hydrogens (tertiary/aromatic N) is 2. The monoisotopic (exact) mass is 360 g/mol. The lowest BCUT2D eigenvalue weighted by molar-refractivity contribution is -0.124. The molecule has 1 saturated heterocycles. The first-order chi connectivity index (χ1) is 12.0. The van der Waals surface area contributed by atoms with E-state index in [-0.39, 0.29) is 11.1 Å². The molecule has 0 unspecified atom stereocenters. The van der Waals surface area contributed by atoms with Crippen LogP contribution in [-0.4, -0.2) is 40.7 Å². The third-order valence-electron chi connectivity index (χ3n) is 4.20. The van der Waals surface area contributed by atoms with Gasteiger partial charge in [-0.05, 0) is 60.8 Å². The summed E-state index contributed by atoms with van der Waals surface area (Å²) >= 11 is 1.04. The lowest BCUT2D eigenvalue weighted by Crippen LogP contribution is -2.41. The highest BCUT2D eigenvalue weighted by Gasteiger charge is 2.35. The maximum Gasteiger partial charge on any atom is 0.294 e. The molecule has 0 spiro atoms. The Balaban J connectivity index is 2.11. The summed E-state index contributed by atoms with van der Waals surface area (Å²) < 4.78 is 0. The van der Waals surface area contributed by atoms with Crippen molar-refractivity contribution in [2.75, 3.05) is 19.8 Å². The van der Waals surface area contributed by atoms with Crippen LogP contribution in [0.1, 0.15) is 57.6 Å². The summed E-state index contributed by atoms with van der Waals surface area (Å²) in [6.07, 6.45) is 3.83. The van der Waals surface area contributed by atoms with E-state index in [0.29, 0.717) is 17.5 Å². The van der Waals surface area contributed by atoms with Crippen molar-refractivity contribution < 1.29 is 9.59 Å². The molecule has 136 valence electrons. The molecule has 2 amide bonds. The van der Waals surface area contributed by atoms with Crippen molar-refractivity contribution in [3.63, 3.8) is 0 Å². The Morgan fingerprint density at radius 1 is 1.08 bits per heavy atom. The fourth-order valence-corrected chi connectivity index (χ4v) is 3.67. The molecule has 2 rings (SSSR count). The molecule has 0 aliphatic carbocycles. The molecule has 25 heavy (non-hydrogen) atoms. The van der Waals surface area contributed by atoms with E-state index in [0.717, 1.165) is 43.3 Å². The molecule has 0 atom stereocenters. The summed E-state index contributed by atoms with van der Waals surface area (Å²) in [6.45, 7) is 10.7. The second kappa shape index (κ2) is 9.20. The van der Waals surface area contributed by atoms with Crippen LogP contribution in [0.5, 0.6) is 0 Å². The minimum atomic E-state index is -0.180. The topological polar surface area (TPSA) is 40.6 Å². The average molecular weight is 361 g/mol. The Hall–Kier alpha value is -1.59. The number of hydrogen-bond donors (Lipinski definition) is 0. The standard InChI is InChI=1S/C20H28N2O2S/c1-5-11-21(12-6-2)14-22-19(23)18(25-20(22)24)13-16-7-9-17(10-8-16)15(3)4/h7-10,13,15H,5-6,11-12,14H2,1-4H3. The van der Waals surface area contributed by atoms with Crippen molar-refractivity contribution in [3.05, 3.63) is 40.3 Å². The summed E-state index contributed by atoms with van der Waals surface area (Å²) in [6, 6.07) is 8.16. The van der Waals surface area contributed by atoms with Gasteiger partial charge in [0.15, 0.2) is 0 Å². The van der Waals surface area contributed by atoms with Gasteiger partial charge in [0.1, 0.15) is 0 Å². The molecular weight excluding hydrogens is 332 g/mol. The predicted octanol–water partition coefficient (Wildman–Crippen LogP) is 4.93. The molecule has 0 saturated carbocycles. The van der Waals surface area contributed by atoms with E-state index in [9.17, 15) is 9.59 Å². The third-order valence-corrected chi connectivity index (χ3v) is 5.10. The van der Waals surface area contributed by atoms with Gasteiger partial charge in [-0.3, -0.25) is 19.4 Å². The summed E-state index contributed by atoms with van der Waals surface area (Å²) in [5.74, 6) is 0.296. The van der Waals surface area contributed by atoms with Crippen LogP contribution < -0.4 is 0 Å². The van der Waals surface area contributed by atoms with Crippen LogP contribution in [0.3, 0.4) is 0 Å². The Kier molecular flexibility index (Phi) is 7.26.